The first kappa shape index (κ1) is 11.4. The van der Waals surface area contributed by atoms with E-state index in [-0.39, 0.29) is 24.9 Å². The summed E-state index contributed by atoms with van der Waals surface area (Å²) in [6.07, 6.45) is 0.285. The van der Waals surface area contributed by atoms with Crippen molar-refractivity contribution in [3.05, 3.63) is 0 Å². The van der Waals surface area contributed by atoms with Gasteiger partial charge in [-0.3, -0.25) is 4.79 Å². The lowest BCUT2D eigenvalue weighted by molar-refractivity contribution is -0.156. The molecule has 0 aliphatic heterocycles. The monoisotopic (exact) mass is 174 g/mol. The summed E-state index contributed by atoms with van der Waals surface area (Å²) in [6.45, 7) is 7.32. The fraction of sp³-hybridized carbons (Fsp3) is 0.889. The number of aliphatic hydroxyl groups is 1. The van der Waals surface area contributed by atoms with Crippen LogP contribution in [0.1, 0.15) is 34.1 Å². The SMILES string of the molecule is C[C@@H](CO)CC(=O)OC(C)(C)C. The Kier molecular flexibility index (Phi) is 4.24. The van der Waals surface area contributed by atoms with Crippen molar-refractivity contribution in [2.24, 2.45) is 5.92 Å². The molecular formula is C9H18O3. The predicted molar refractivity (Wildman–Crippen MR) is 46.7 cm³/mol. The van der Waals surface area contributed by atoms with Gasteiger partial charge in [-0.15, -0.1) is 0 Å². The number of aliphatic hydroxyl groups excluding tert-OH is 1. The van der Waals surface area contributed by atoms with Crippen LogP contribution in [0.2, 0.25) is 0 Å². The molecule has 0 rings (SSSR count). The van der Waals surface area contributed by atoms with Gasteiger partial charge in [0.2, 0.25) is 0 Å². The highest BCUT2D eigenvalue weighted by molar-refractivity contribution is 5.70. The minimum absolute atomic E-state index is 0.0140. The van der Waals surface area contributed by atoms with Crippen LogP contribution in [0.5, 0.6) is 0 Å². The van der Waals surface area contributed by atoms with Crippen LogP contribution in [-0.4, -0.2) is 23.3 Å². The molecule has 1 atom stereocenters. The van der Waals surface area contributed by atoms with Gasteiger partial charge in [-0.2, -0.15) is 0 Å². The zero-order chi connectivity index (χ0) is 9.78. The molecule has 0 aromatic rings. The van der Waals surface area contributed by atoms with E-state index in [1.54, 1.807) is 0 Å². The van der Waals surface area contributed by atoms with Crippen molar-refractivity contribution in [3.63, 3.8) is 0 Å². The van der Waals surface area contributed by atoms with Crippen molar-refractivity contribution in [2.45, 2.75) is 39.7 Å². The van der Waals surface area contributed by atoms with Crippen molar-refractivity contribution in [2.75, 3.05) is 6.61 Å². The number of carbonyl (C=O) groups excluding carboxylic acids is 1. The van der Waals surface area contributed by atoms with Gasteiger partial charge < -0.3 is 9.84 Å². The third-order valence-corrected chi connectivity index (χ3v) is 1.25. The summed E-state index contributed by atoms with van der Waals surface area (Å²) in [6, 6.07) is 0. The van der Waals surface area contributed by atoms with Crippen LogP contribution < -0.4 is 0 Å². The summed E-state index contributed by atoms with van der Waals surface area (Å²) >= 11 is 0. The number of esters is 1. The molecule has 0 unspecified atom stereocenters. The summed E-state index contributed by atoms with van der Waals surface area (Å²) in [5, 5.41) is 8.67. The molecule has 0 amide bonds. The van der Waals surface area contributed by atoms with Crippen molar-refractivity contribution < 1.29 is 14.6 Å². The van der Waals surface area contributed by atoms with E-state index in [9.17, 15) is 4.79 Å². The molecule has 3 nitrogen and oxygen atoms in total. The van der Waals surface area contributed by atoms with Gasteiger partial charge in [0.1, 0.15) is 5.60 Å². The molecule has 12 heavy (non-hydrogen) atoms. The van der Waals surface area contributed by atoms with Gasteiger partial charge in [0.15, 0.2) is 0 Å². The Labute approximate surface area is 73.7 Å². The number of rotatable bonds is 3. The Morgan fingerprint density at radius 3 is 2.33 bits per heavy atom. The Morgan fingerprint density at radius 2 is 2.00 bits per heavy atom. The third kappa shape index (κ3) is 6.16. The maximum Gasteiger partial charge on any atom is 0.306 e. The first-order chi connectivity index (χ1) is 5.35. The van der Waals surface area contributed by atoms with Gasteiger partial charge in [0, 0.05) is 6.61 Å². The van der Waals surface area contributed by atoms with Crippen molar-refractivity contribution >= 4 is 5.97 Å². The zero-order valence-corrected chi connectivity index (χ0v) is 8.26. The number of ether oxygens (including phenoxy) is 1. The van der Waals surface area contributed by atoms with Gasteiger partial charge in [-0.1, -0.05) is 6.92 Å². The average molecular weight is 174 g/mol. The molecule has 0 aliphatic rings. The Hall–Kier alpha value is -0.570. The van der Waals surface area contributed by atoms with E-state index in [2.05, 4.69) is 0 Å². The van der Waals surface area contributed by atoms with E-state index < -0.39 is 5.60 Å². The second-order valence-electron chi connectivity index (χ2n) is 4.08. The number of carbonyl (C=O) groups is 1. The maximum absolute atomic E-state index is 11.1. The molecule has 1 N–H and O–H groups in total. The zero-order valence-electron chi connectivity index (χ0n) is 8.26. The summed E-state index contributed by atoms with van der Waals surface area (Å²) in [5.41, 5.74) is -0.424. The minimum Gasteiger partial charge on any atom is -0.460 e. The summed E-state index contributed by atoms with van der Waals surface area (Å²) in [4.78, 5) is 11.1. The van der Waals surface area contributed by atoms with E-state index >= 15 is 0 Å². The van der Waals surface area contributed by atoms with Crippen molar-refractivity contribution in [1.82, 2.24) is 0 Å². The largest absolute Gasteiger partial charge is 0.460 e. The molecule has 3 heteroatoms. The summed E-state index contributed by atoms with van der Waals surface area (Å²) < 4.78 is 5.06. The normalized spacial score (nSPS) is 14.1. The van der Waals surface area contributed by atoms with Crippen LogP contribution in [0.4, 0.5) is 0 Å². The van der Waals surface area contributed by atoms with Crippen molar-refractivity contribution in [3.8, 4) is 0 Å². The standard InChI is InChI=1S/C9H18O3/c1-7(6-10)5-8(11)12-9(2,3)4/h7,10H,5-6H2,1-4H3/t7-/m1/s1. The lowest BCUT2D eigenvalue weighted by atomic mass is 10.1. The van der Waals surface area contributed by atoms with Crippen LogP contribution in [-0.2, 0) is 9.53 Å². The first-order valence-electron chi connectivity index (χ1n) is 4.18. The maximum atomic E-state index is 11.1. The fourth-order valence-electron chi connectivity index (χ4n) is 0.732. The van der Waals surface area contributed by atoms with Crippen LogP contribution >= 0.6 is 0 Å². The molecule has 0 heterocycles. The highest BCUT2D eigenvalue weighted by Gasteiger charge is 2.17. The Bertz CT molecular complexity index is 146. The first-order valence-corrected chi connectivity index (χ1v) is 4.18. The highest BCUT2D eigenvalue weighted by Crippen LogP contribution is 2.10. The molecule has 72 valence electrons. The van der Waals surface area contributed by atoms with Gasteiger partial charge in [-0.25, -0.2) is 0 Å². The van der Waals surface area contributed by atoms with E-state index in [0.29, 0.717) is 0 Å². The molecule has 0 spiro atoms. The van der Waals surface area contributed by atoms with Gasteiger partial charge >= 0.3 is 5.97 Å². The minimum atomic E-state index is -0.424. The topological polar surface area (TPSA) is 46.5 Å². The molecule has 0 radical (unpaired) electrons. The van der Waals surface area contributed by atoms with E-state index in [1.165, 1.54) is 0 Å². The quantitative estimate of drug-likeness (QED) is 0.657. The van der Waals surface area contributed by atoms with Crippen LogP contribution in [0.25, 0.3) is 0 Å². The molecule has 0 aliphatic carbocycles. The molecule has 0 fully saturated rings. The molecule has 0 saturated carbocycles. The molecule has 0 aromatic heterocycles. The van der Waals surface area contributed by atoms with Crippen molar-refractivity contribution in [1.29, 1.82) is 0 Å². The van der Waals surface area contributed by atoms with E-state index in [4.69, 9.17) is 9.84 Å². The third-order valence-electron chi connectivity index (χ3n) is 1.25. The Balaban J connectivity index is 3.75. The summed E-state index contributed by atoms with van der Waals surface area (Å²) in [7, 11) is 0. The average Bonchev–Trinajstić information content (AvgIpc) is 1.82. The second kappa shape index (κ2) is 4.45. The smallest absolute Gasteiger partial charge is 0.306 e. The lowest BCUT2D eigenvalue weighted by Gasteiger charge is -2.20. The second-order valence-corrected chi connectivity index (χ2v) is 4.08. The molecular weight excluding hydrogens is 156 g/mol. The molecule has 0 bridgehead atoms. The van der Waals surface area contributed by atoms with E-state index in [0.717, 1.165) is 0 Å². The van der Waals surface area contributed by atoms with E-state index in [1.807, 2.05) is 27.7 Å². The van der Waals surface area contributed by atoms with Gasteiger partial charge in [-0.05, 0) is 26.7 Å². The molecule has 0 saturated heterocycles. The summed E-state index contributed by atoms with van der Waals surface area (Å²) in [5.74, 6) is -0.260. The predicted octanol–water partition coefficient (Wildman–Crippen LogP) is 1.35. The molecule has 0 aromatic carbocycles. The Morgan fingerprint density at radius 1 is 1.50 bits per heavy atom. The van der Waals surface area contributed by atoms with Crippen LogP contribution in [0, 0.1) is 5.92 Å². The highest BCUT2D eigenvalue weighted by atomic mass is 16.6. The van der Waals surface area contributed by atoms with Gasteiger partial charge in [0.25, 0.3) is 0 Å². The van der Waals surface area contributed by atoms with Crippen LogP contribution in [0.15, 0.2) is 0 Å². The van der Waals surface area contributed by atoms with Gasteiger partial charge in [0.05, 0.1) is 6.42 Å². The number of hydrogen-bond donors (Lipinski definition) is 1. The fourth-order valence-corrected chi connectivity index (χ4v) is 0.732. The van der Waals surface area contributed by atoms with Crippen LogP contribution in [0.3, 0.4) is 0 Å². The number of hydrogen-bond acceptors (Lipinski definition) is 3. The lowest BCUT2D eigenvalue weighted by Crippen LogP contribution is -2.25.